The minimum absolute atomic E-state index is 0.178. The minimum Gasteiger partial charge on any atom is -0.497 e. The zero-order valence-electron chi connectivity index (χ0n) is 55.1. The van der Waals surface area contributed by atoms with Crippen LogP contribution in [0.15, 0.2) is 206 Å². The summed E-state index contributed by atoms with van der Waals surface area (Å²) in [6.07, 6.45) is 1.70. The molecule has 0 fully saturated rings. The molecule has 0 saturated heterocycles. The van der Waals surface area contributed by atoms with E-state index in [1.807, 2.05) is 151 Å². The van der Waals surface area contributed by atoms with E-state index in [0.717, 1.165) is 55.3 Å². The first-order chi connectivity index (χ1) is 43.7. The van der Waals surface area contributed by atoms with Crippen LogP contribution >= 0.6 is 23.2 Å². The second-order valence-corrected chi connectivity index (χ2v) is 21.8. The lowest BCUT2D eigenvalue weighted by Gasteiger charge is -2.01. The van der Waals surface area contributed by atoms with Crippen molar-refractivity contribution in [2.24, 2.45) is 34.4 Å². The molecule has 0 atom stereocenters. The molecule has 10 nitrogen and oxygen atoms in total. The second-order valence-electron chi connectivity index (χ2n) is 20.9. The number of nitrogen functional groups attached to an aromatic ring is 2. The van der Waals surface area contributed by atoms with Crippen LogP contribution in [-0.4, -0.2) is 12.1 Å². The zero-order valence-corrected chi connectivity index (χ0v) is 56.6. The van der Waals surface area contributed by atoms with E-state index in [1.165, 1.54) is 69.8 Å². The van der Waals surface area contributed by atoms with E-state index >= 15 is 0 Å². The molecule has 16 heteroatoms. The van der Waals surface area contributed by atoms with Crippen LogP contribution in [0, 0.1) is 92.5 Å². The van der Waals surface area contributed by atoms with Gasteiger partial charge < -0.3 is 50.6 Å². The third-order valence-electron chi connectivity index (χ3n) is 13.3. The number of nitrogens with zero attached hydrogens (tertiary/aromatic N) is 1. The van der Waals surface area contributed by atoms with Crippen LogP contribution in [0.2, 0.25) is 10.0 Å². The fraction of sp³-hybridized carbons (Fsp3) is 0.224. The highest BCUT2D eigenvalue weighted by atomic mass is 35.5. The number of rotatable bonds is 7. The number of methoxy groups -OCH3 is 1. The summed E-state index contributed by atoms with van der Waals surface area (Å²) in [4.78, 5) is 3.82. The van der Waals surface area contributed by atoms with Gasteiger partial charge in [0.2, 0.25) is 0 Å². The maximum Gasteiger partial charge on any atom is 0.127 e. The van der Waals surface area contributed by atoms with Gasteiger partial charge in [-0.15, -0.1) is 0 Å². The molecular formula is C76H95Cl2F4N9O. The van der Waals surface area contributed by atoms with E-state index in [0.29, 0.717) is 60.4 Å². The van der Waals surface area contributed by atoms with Gasteiger partial charge in [0.1, 0.15) is 34.8 Å². The van der Waals surface area contributed by atoms with Crippen molar-refractivity contribution >= 4 is 34.7 Å². The van der Waals surface area contributed by atoms with E-state index in [2.05, 4.69) is 50.0 Å². The van der Waals surface area contributed by atoms with Gasteiger partial charge in [0.05, 0.1) is 17.8 Å². The monoisotopic (exact) mass is 1300 g/mol. The van der Waals surface area contributed by atoms with Gasteiger partial charge in [0.15, 0.2) is 0 Å². The topological polar surface area (TPSA) is 230 Å². The number of hydrogen-bond donors (Lipinski definition) is 8. The van der Waals surface area contributed by atoms with E-state index in [9.17, 15) is 17.6 Å². The summed E-state index contributed by atoms with van der Waals surface area (Å²) < 4.78 is 55.4. The maximum atomic E-state index is 12.8. The third-order valence-corrected chi connectivity index (χ3v) is 13.9. The van der Waals surface area contributed by atoms with E-state index in [1.54, 1.807) is 50.6 Å². The molecule has 10 aromatic rings. The number of ether oxygens (including phenoxy) is 1. The zero-order chi connectivity index (χ0) is 69.1. The summed E-state index contributed by atoms with van der Waals surface area (Å²) in [7, 11) is 1.67. The van der Waals surface area contributed by atoms with Crippen LogP contribution in [0.3, 0.4) is 0 Å². The van der Waals surface area contributed by atoms with Crippen LogP contribution in [0.4, 0.5) is 29.1 Å². The molecule has 0 bridgehead atoms. The number of pyridine rings is 1. The van der Waals surface area contributed by atoms with Gasteiger partial charge in [-0.1, -0.05) is 150 Å². The van der Waals surface area contributed by atoms with Crippen molar-refractivity contribution in [1.82, 2.24) is 4.98 Å². The average Bonchev–Trinajstić information content (AvgIpc) is 2.85. The Labute approximate surface area is 555 Å². The normalized spacial score (nSPS) is 9.60. The molecule has 10 rings (SSSR count). The van der Waals surface area contributed by atoms with Crippen molar-refractivity contribution in [1.29, 1.82) is 0 Å². The molecule has 0 amide bonds. The lowest BCUT2D eigenvalue weighted by Crippen LogP contribution is -2.01. The third kappa shape index (κ3) is 34.7. The largest absolute Gasteiger partial charge is 0.497 e. The van der Waals surface area contributed by atoms with Crippen molar-refractivity contribution < 1.29 is 22.3 Å². The lowest BCUT2D eigenvalue weighted by molar-refractivity contribution is 0.414. The first-order valence-electron chi connectivity index (χ1n) is 29.6. The first kappa shape index (κ1) is 81.6. The summed E-state index contributed by atoms with van der Waals surface area (Å²) in [6.45, 7) is 22.4. The van der Waals surface area contributed by atoms with E-state index in [-0.39, 0.29) is 29.8 Å². The molecule has 9 aromatic carbocycles. The first-order valence-corrected chi connectivity index (χ1v) is 30.3. The number of benzene rings is 9. The van der Waals surface area contributed by atoms with E-state index in [4.69, 9.17) is 73.8 Å². The Morgan fingerprint density at radius 1 is 0.380 bits per heavy atom. The van der Waals surface area contributed by atoms with Gasteiger partial charge in [0, 0.05) is 56.1 Å². The molecule has 0 aliphatic rings. The smallest absolute Gasteiger partial charge is 0.127 e. The molecule has 0 aliphatic carbocycles. The minimum atomic E-state index is -0.217. The summed E-state index contributed by atoms with van der Waals surface area (Å²) >= 11 is 11.3. The number of anilines is 2. The maximum absolute atomic E-state index is 12.8. The molecule has 1 heterocycles. The van der Waals surface area contributed by atoms with Crippen LogP contribution in [-0.2, 0) is 39.3 Å². The average molecular weight is 1300 g/mol. The van der Waals surface area contributed by atoms with Crippen LogP contribution in [0.1, 0.15) is 89.0 Å². The summed E-state index contributed by atoms with van der Waals surface area (Å²) in [5.74, 6) is 0.705. The molecule has 1 aromatic heterocycles. The molecular weight excluding hydrogens is 1200 g/mol. The van der Waals surface area contributed by atoms with Crippen molar-refractivity contribution in [3.63, 3.8) is 0 Å². The van der Waals surface area contributed by atoms with Gasteiger partial charge in [0.25, 0.3) is 0 Å². The van der Waals surface area contributed by atoms with Gasteiger partial charge in [-0.2, -0.15) is 0 Å². The molecule has 0 saturated carbocycles. The second kappa shape index (κ2) is 46.6. The highest BCUT2D eigenvalue weighted by Crippen LogP contribution is 2.19. The Kier molecular flexibility index (Phi) is 41.4. The fourth-order valence-corrected chi connectivity index (χ4v) is 8.09. The summed E-state index contributed by atoms with van der Waals surface area (Å²) in [5.41, 5.74) is 60.4. The summed E-state index contributed by atoms with van der Waals surface area (Å²) in [5, 5.41) is 1.44. The molecule has 0 radical (unpaired) electrons. The quantitative estimate of drug-likeness (QED) is 0.0556. The Morgan fingerprint density at radius 2 is 0.880 bits per heavy atom. The molecule has 492 valence electrons. The van der Waals surface area contributed by atoms with Gasteiger partial charge >= 0.3 is 0 Å². The van der Waals surface area contributed by atoms with Gasteiger partial charge in [-0.05, 0) is 226 Å². The number of aryl methyl sites for hydroxylation is 9. The lowest BCUT2D eigenvalue weighted by atomic mass is 10.1. The molecule has 0 aliphatic heterocycles. The Bertz CT molecular complexity index is 3590. The number of hydrogen-bond acceptors (Lipinski definition) is 10. The van der Waals surface area contributed by atoms with Crippen molar-refractivity contribution in [2.75, 3.05) is 18.6 Å². The molecule has 0 spiro atoms. The van der Waals surface area contributed by atoms with Crippen LogP contribution in [0.25, 0.3) is 0 Å². The van der Waals surface area contributed by atoms with Gasteiger partial charge in [-0.3, -0.25) is 0 Å². The SMILES string of the molecule is COc1ccc(C)cc1.Cc1c(F)cccc1CN.Cc1cc(F)ccc1CN.Cc1ccc(Cl)c(N)c1.Cc1ccc(F)cc1CN.Cc1cccc(CN)c1.Cc1cccc(Cl)c1.Cc1cccc(F)c1CN.Cc1ccccc1CN.Cc1ccnc(N)c1. The Hall–Kier alpha value is -8.41. The number of halogens is 6. The van der Waals surface area contributed by atoms with Crippen LogP contribution in [0.5, 0.6) is 5.75 Å². The van der Waals surface area contributed by atoms with Crippen molar-refractivity contribution in [3.05, 3.63) is 329 Å². The number of nitrogens with two attached hydrogens (primary N) is 8. The van der Waals surface area contributed by atoms with Crippen LogP contribution < -0.4 is 50.6 Å². The standard InChI is InChI=1S/4C8H10FN.2C8H11N.C8H10O.C7H8ClN.C7H7Cl.C6H8N2/c1-6-4-8(9)3-2-7(6)5-10;1-6-2-3-8(9)4-7(6)5-10;1-6-7(5-10)3-2-4-8(6)9;1-6-3-2-4-8(9)7(6)5-10;1-7-3-2-4-8(5-7)6-9;1-7-4-2-3-5-8(7)6-9;1-7-3-5-8(9-2)6-4-7;1-5-2-3-6(8)7(9)4-5;1-6-3-2-4-7(8)5-6;1-5-2-3-8-6(7)4-5/h4*2-4H,5,10H2,1H3;2*2-5H,6,9H2,1H3;3-6H,1-2H3;2-4H,9H2,1H3;2-5H,1H3;2-4H,1H3,(H2,7,8). The molecule has 16 N–H and O–H groups in total. The predicted octanol–water partition coefficient (Wildman–Crippen LogP) is 17.1. The van der Waals surface area contributed by atoms with E-state index < -0.39 is 0 Å². The highest BCUT2D eigenvalue weighted by molar-refractivity contribution is 6.33. The van der Waals surface area contributed by atoms with Crippen molar-refractivity contribution in [3.8, 4) is 5.75 Å². The number of aromatic nitrogens is 1. The summed E-state index contributed by atoms with van der Waals surface area (Å²) in [6, 6.07) is 60.6. The predicted molar refractivity (Wildman–Crippen MR) is 382 cm³/mol. The highest BCUT2D eigenvalue weighted by Gasteiger charge is 2.02. The molecule has 0 unspecified atom stereocenters. The fourth-order valence-electron chi connectivity index (χ4n) is 7.73. The van der Waals surface area contributed by atoms with Crippen molar-refractivity contribution in [2.45, 2.75) is 109 Å². The molecule has 92 heavy (non-hydrogen) atoms. The Morgan fingerprint density at radius 3 is 1.32 bits per heavy atom. The van der Waals surface area contributed by atoms with Gasteiger partial charge in [-0.25, -0.2) is 22.5 Å². The Balaban J connectivity index is 0.000000512.